The fourth-order valence-corrected chi connectivity index (χ4v) is 4.19. The number of carboxylic acid groups (broad SMARTS) is 1. The monoisotopic (exact) mass is 669 g/mol. The Morgan fingerprint density at radius 2 is 1.78 bits per heavy atom. The average Bonchev–Trinajstić information content (AvgIpc) is 3.15. The lowest BCUT2D eigenvalue weighted by molar-refractivity contribution is -0.255. The molecule has 1 aliphatic heterocycles. The zero-order chi connectivity index (χ0) is 23.3. The van der Waals surface area contributed by atoms with Gasteiger partial charge in [0.1, 0.15) is 11.6 Å². The molecule has 1 saturated carbocycles. The molecular weight excluding hydrogens is 655 g/mol. The van der Waals surface area contributed by atoms with Crippen LogP contribution in [0.5, 0.6) is 0 Å². The number of aromatic nitrogens is 2. The van der Waals surface area contributed by atoms with Crippen LogP contribution in [-0.2, 0) is 0 Å². The predicted octanol–water partition coefficient (Wildman–Crippen LogP) is 2.33. The Balaban J connectivity index is 0.00000119. The van der Waals surface area contributed by atoms with Gasteiger partial charge in [-0.05, 0) is 30.0 Å². The molecule has 32 heavy (non-hydrogen) atoms. The second kappa shape index (κ2) is 8.78. The summed E-state index contributed by atoms with van der Waals surface area (Å²) in [6.07, 6.45) is 0.850. The van der Waals surface area contributed by atoms with Crippen molar-refractivity contribution >= 4 is 60.1 Å². The van der Waals surface area contributed by atoms with E-state index in [2.05, 4.69) is 42.2 Å². The van der Waals surface area contributed by atoms with Gasteiger partial charge in [-0.15, -0.1) is 0 Å². The first-order valence-corrected chi connectivity index (χ1v) is 15.6. The Morgan fingerprint density at radius 1 is 1.12 bits per heavy atom. The van der Waals surface area contributed by atoms with E-state index in [1.54, 1.807) is 4.90 Å². The summed E-state index contributed by atoms with van der Waals surface area (Å²) in [6, 6.07) is 3.61. The lowest BCUT2D eigenvalue weighted by Crippen LogP contribution is -2.32. The van der Waals surface area contributed by atoms with Crippen molar-refractivity contribution in [1.29, 1.82) is 0 Å². The van der Waals surface area contributed by atoms with Crippen LogP contribution in [0.3, 0.4) is 0 Å². The summed E-state index contributed by atoms with van der Waals surface area (Å²) in [5.41, 5.74) is 3.70. The second-order valence-corrected chi connectivity index (χ2v) is 7.60. The summed E-state index contributed by atoms with van der Waals surface area (Å²) in [5.74, 6) is -4.04. The van der Waals surface area contributed by atoms with E-state index in [9.17, 15) is 27.9 Å². The van der Waals surface area contributed by atoms with Gasteiger partial charge < -0.3 is 20.5 Å². The SMILES string of the molecule is II.NC1C2CN(c3nc4c(cc3F)c(=O)c(C(=O)[O-])cn4-c3ccc(F)cc3F)CC12. The van der Waals surface area contributed by atoms with Crippen molar-refractivity contribution in [2.75, 3.05) is 18.0 Å². The summed E-state index contributed by atoms with van der Waals surface area (Å²) >= 11 is 4.24. The maximum absolute atomic E-state index is 14.8. The number of aromatic carboxylic acids is 1. The van der Waals surface area contributed by atoms with Crippen molar-refractivity contribution in [3.05, 3.63) is 63.7 Å². The van der Waals surface area contributed by atoms with Crippen LogP contribution in [0.25, 0.3) is 16.7 Å². The van der Waals surface area contributed by atoms with Crippen molar-refractivity contribution in [3.8, 4) is 5.69 Å². The molecule has 2 aliphatic rings. The van der Waals surface area contributed by atoms with Crippen LogP contribution in [0.4, 0.5) is 19.0 Å². The molecule has 1 aliphatic carbocycles. The maximum Gasteiger partial charge on any atom is 0.200 e. The van der Waals surface area contributed by atoms with Crippen LogP contribution in [0.2, 0.25) is 0 Å². The van der Waals surface area contributed by atoms with Gasteiger partial charge in [0.15, 0.2) is 22.7 Å². The van der Waals surface area contributed by atoms with Crippen LogP contribution in [0.1, 0.15) is 10.4 Å². The summed E-state index contributed by atoms with van der Waals surface area (Å²) in [6.45, 7) is 0.987. The normalized spacial score (nSPS) is 21.2. The third-order valence-corrected chi connectivity index (χ3v) is 5.86. The van der Waals surface area contributed by atoms with Crippen LogP contribution < -0.4 is 21.2 Å². The Hall–Kier alpha value is -1.94. The molecule has 3 aromatic rings. The molecular formula is C20H14F3I2N4O3-. The Morgan fingerprint density at radius 3 is 2.38 bits per heavy atom. The molecule has 3 heterocycles. The molecule has 2 fully saturated rings. The fourth-order valence-electron chi connectivity index (χ4n) is 4.19. The minimum Gasteiger partial charge on any atom is -0.545 e. The molecule has 2 atom stereocenters. The molecule has 1 saturated heterocycles. The molecule has 2 unspecified atom stereocenters. The molecule has 0 radical (unpaired) electrons. The molecule has 0 amide bonds. The van der Waals surface area contributed by atoms with Crippen molar-refractivity contribution in [2.45, 2.75) is 6.04 Å². The maximum atomic E-state index is 14.8. The topological polar surface area (TPSA) is 104 Å². The number of nitrogens with zero attached hydrogens (tertiary/aromatic N) is 3. The van der Waals surface area contributed by atoms with Crippen molar-refractivity contribution in [1.82, 2.24) is 9.55 Å². The number of piperidine rings is 1. The van der Waals surface area contributed by atoms with E-state index in [0.717, 1.165) is 29.0 Å². The predicted molar refractivity (Wildman–Crippen MR) is 127 cm³/mol. The molecule has 168 valence electrons. The minimum absolute atomic E-state index is 0.0428. The third kappa shape index (κ3) is 3.85. The zero-order valence-corrected chi connectivity index (χ0v) is 20.4. The number of carboxylic acids is 1. The van der Waals surface area contributed by atoms with Crippen molar-refractivity contribution in [2.24, 2.45) is 17.6 Å². The second-order valence-electron chi connectivity index (χ2n) is 7.60. The number of carbonyl (C=O) groups excluding carboxylic acids is 1. The van der Waals surface area contributed by atoms with Gasteiger partial charge in [0, 0.05) is 68.6 Å². The van der Waals surface area contributed by atoms with Crippen molar-refractivity contribution < 1.29 is 23.1 Å². The van der Waals surface area contributed by atoms with E-state index in [1.807, 2.05) is 0 Å². The number of nitrogens with two attached hydrogens (primary N) is 1. The molecule has 5 rings (SSSR count). The number of halogens is 5. The van der Waals surface area contributed by atoms with Gasteiger partial charge in [-0.2, -0.15) is 0 Å². The van der Waals surface area contributed by atoms with Gasteiger partial charge in [0.25, 0.3) is 0 Å². The fraction of sp³-hybridized carbons (Fsp3) is 0.250. The molecule has 0 bridgehead atoms. The number of fused-ring (bicyclic) bond motifs is 2. The quantitative estimate of drug-likeness (QED) is 0.430. The molecule has 7 nitrogen and oxygen atoms in total. The van der Waals surface area contributed by atoms with Gasteiger partial charge >= 0.3 is 0 Å². The number of hydrogen-bond donors (Lipinski definition) is 1. The lowest BCUT2D eigenvalue weighted by atomic mass is 10.1. The summed E-state index contributed by atoms with van der Waals surface area (Å²) in [4.78, 5) is 29.9. The highest BCUT2D eigenvalue weighted by atomic mass is 128. The molecule has 2 N–H and O–H groups in total. The highest BCUT2D eigenvalue weighted by Gasteiger charge is 2.54. The van der Waals surface area contributed by atoms with Gasteiger partial charge in [-0.3, -0.25) is 9.36 Å². The van der Waals surface area contributed by atoms with E-state index in [0.29, 0.717) is 19.2 Å². The number of rotatable bonds is 3. The van der Waals surface area contributed by atoms with E-state index in [1.165, 1.54) is 0 Å². The molecule has 0 spiro atoms. The van der Waals surface area contributed by atoms with Crippen LogP contribution in [0, 0.1) is 29.3 Å². The highest BCUT2D eigenvalue weighted by molar-refractivity contribution is 15.0. The lowest BCUT2D eigenvalue weighted by Gasteiger charge is -2.22. The van der Waals surface area contributed by atoms with E-state index >= 15 is 0 Å². The van der Waals surface area contributed by atoms with E-state index in [4.69, 9.17) is 5.73 Å². The first kappa shape index (κ1) is 23.2. The van der Waals surface area contributed by atoms with Gasteiger partial charge in [0.05, 0.1) is 22.6 Å². The summed E-state index contributed by atoms with van der Waals surface area (Å²) in [7, 11) is 0. The Labute approximate surface area is 202 Å². The largest absolute Gasteiger partial charge is 0.545 e. The van der Waals surface area contributed by atoms with Crippen molar-refractivity contribution in [3.63, 3.8) is 0 Å². The molecule has 12 heteroatoms. The first-order valence-electron chi connectivity index (χ1n) is 9.33. The van der Waals surface area contributed by atoms with E-state index in [-0.39, 0.29) is 40.4 Å². The third-order valence-electron chi connectivity index (χ3n) is 5.86. The number of anilines is 1. The standard InChI is InChI=1S/C20H15F3N4O3.I2/c21-8-1-2-15(13(22)3-8)27-7-12(20(29)30)17(28)9-4-14(23)19(25-18(9)27)26-5-10-11(6-26)16(10)24;1-2/h1-4,7,10-11,16H,5-6,24H2,(H,29,30);/p-1. The Kier molecular flexibility index (Phi) is 6.37. The van der Waals surface area contributed by atoms with Crippen LogP contribution in [0.15, 0.2) is 35.3 Å². The summed E-state index contributed by atoms with van der Waals surface area (Å²) in [5, 5.41) is 11.0. The van der Waals surface area contributed by atoms with E-state index < -0.39 is 34.4 Å². The number of pyridine rings is 2. The number of carbonyl (C=O) groups is 1. The first-order chi connectivity index (χ1) is 15.3. The highest BCUT2D eigenvalue weighted by Crippen LogP contribution is 2.45. The van der Waals surface area contributed by atoms with Gasteiger partial charge in [-0.25, -0.2) is 18.2 Å². The zero-order valence-electron chi connectivity index (χ0n) is 16.1. The summed E-state index contributed by atoms with van der Waals surface area (Å²) < 4.78 is 43.6. The average molecular weight is 669 g/mol. The van der Waals surface area contributed by atoms with Crippen LogP contribution in [-0.4, -0.2) is 34.7 Å². The number of benzene rings is 1. The smallest absolute Gasteiger partial charge is 0.200 e. The van der Waals surface area contributed by atoms with Gasteiger partial charge in [-0.1, -0.05) is 0 Å². The van der Waals surface area contributed by atoms with Gasteiger partial charge in [0.2, 0.25) is 0 Å². The minimum atomic E-state index is -1.81. The number of hydrogen-bond acceptors (Lipinski definition) is 6. The Bertz CT molecular complexity index is 1290. The van der Waals surface area contributed by atoms with Crippen LogP contribution >= 0.6 is 37.2 Å². The molecule has 2 aromatic heterocycles. The molecule has 1 aromatic carbocycles.